The second-order valence-corrected chi connectivity index (χ2v) is 6.31. The number of carbonyl (C=O) groups is 2. The highest BCUT2D eigenvalue weighted by Gasteiger charge is 2.39. The quantitative estimate of drug-likeness (QED) is 0.762. The average molecular weight is 338 g/mol. The molecule has 0 saturated heterocycles. The van der Waals surface area contributed by atoms with Crippen LogP contribution in [-0.4, -0.2) is 25.0 Å². The Hall–Kier alpha value is -2.82. The largest absolute Gasteiger partial charge is 0.492 e. The molecule has 5 heteroatoms. The fraction of sp³-hybridized carbons (Fsp3) is 0.300. The van der Waals surface area contributed by atoms with Crippen molar-refractivity contribution >= 4 is 17.5 Å². The molecule has 2 amide bonds. The maximum atomic E-state index is 12.2. The number of nitrogens with one attached hydrogen (secondary N) is 2. The van der Waals surface area contributed by atoms with Crippen molar-refractivity contribution in [2.75, 3.05) is 18.5 Å². The number of amides is 2. The first-order valence-corrected chi connectivity index (χ1v) is 8.50. The Morgan fingerprint density at radius 2 is 1.88 bits per heavy atom. The highest BCUT2D eigenvalue weighted by molar-refractivity contribution is 5.98. The third kappa shape index (κ3) is 4.83. The van der Waals surface area contributed by atoms with Crippen LogP contribution in [0.5, 0.6) is 5.75 Å². The number of para-hydroxylation sites is 1. The summed E-state index contributed by atoms with van der Waals surface area (Å²) in [6.45, 7) is 2.86. The third-order valence-corrected chi connectivity index (χ3v) is 4.24. The van der Waals surface area contributed by atoms with Crippen LogP contribution in [0.15, 0.2) is 54.6 Å². The lowest BCUT2D eigenvalue weighted by Crippen LogP contribution is -2.28. The molecule has 2 aromatic carbocycles. The van der Waals surface area contributed by atoms with Crippen molar-refractivity contribution in [3.63, 3.8) is 0 Å². The molecule has 25 heavy (non-hydrogen) atoms. The monoisotopic (exact) mass is 338 g/mol. The van der Waals surface area contributed by atoms with Gasteiger partial charge in [0.2, 0.25) is 5.91 Å². The minimum atomic E-state index is -0.187. The maximum Gasteiger partial charge on any atom is 0.251 e. The first-order valence-electron chi connectivity index (χ1n) is 8.50. The molecule has 2 aromatic rings. The highest BCUT2D eigenvalue weighted by Crippen LogP contribution is 2.38. The van der Waals surface area contributed by atoms with Gasteiger partial charge in [0.25, 0.3) is 5.91 Å². The van der Waals surface area contributed by atoms with Crippen LogP contribution in [0.1, 0.15) is 23.7 Å². The lowest BCUT2D eigenvalue weighted by molar-refractivity contribution is -0.117. The Kier molecular flexibility index (Phi) is 5.33. The normalized spacial score (nSPS) is 18.3. The number of hydrogen-bond acceptors (Lipinski definition) is 3. The van der Waals surface area contributed by atoms with Crippen LogP contribution in [0, 0.1) is 11.8 Å². The second-order valence-electron chi connectivity index (χ2n) is 6.31. The molecular weight excluding hydrogens is 316 g/mol. The summed E-state index contributed by atoms with van der Waals surface area (Å²) >= 11 is 0. The molecular formula is C20H22N2O3. The summed E-state index contributed by atoms with van der Waals surface area (Å²) in [7, 11) is 0. The van der Waals surface area contributed by atoms with Crippen LogP contribution < -0.4 is 15.4 Å². The second kappa shape index (κ2) is 7.83. The van der Waals surface area contributed by atoms with E-state index in [2.05, 4.69) is 17.6 Å². The fourth-order valence-electron chi connectivity index (χ4n) is 2.61. The van der Waals surface area contributed by atoms with Crippen LogP contribution in [0.25, 0.3) is 0 Å². The van der Waals surface area contributed by atoms with Crippen LogP contribution >= 0.6 is 0 Å². The third-order valence-electron chi connectivity index (χ3n) is 4.24. The van der Waals surface area contributed by atoms with Crippen LogP contribution in [0.2, 0.25) is 0 Å². The molecule has 2 N–H and O–H groups in total. The predicted octanol–water partition coefficient (Wildman–Crippen LogP) is 3.09. The Morgan fingerprint density at radius 1 is 1.12 bits per heavy atom. The minimum Gasteiger partial charge on any atom is -0.492 e. The summed E-state index contributed by atoms with van der Waals surface area (Å²) in [6, 6.07) is 16.4. The van der Waals surface area contributed by atoms with Crippen molar-refractivity contribution in [1.29, 1.82) is 0 Å². The van der Waals surface area contributed by atoms with E-state index in [-0.39, 0.29) is 17.7 Å². The van der Waals surface area contributed by atoms with Crippen molar-refractivity contribution in [2.45, 2.75) is 13.3 Å². The highest BCUT2D eigenvalue weighted by atomic mass is 16.5. The van der Waals surface area contributed by atoms with Gasteiger partial charge in [-0.05, 0) is 42.7 Å². The lowest BCUT2D eigenvalue weighted by atomic mass is 10.2. The summed E-state index contributed by atoms with van der Waals surface area (Å²) in [6.07, 6.45) is 0.938. The topological polar surface area (TPSA) is 67.4 Å². The number of rotatable bonds is 7. The van der Waals surface area contributed by atoms with Crippen molar-refractivity contribution in [1.82, 2.24) is 5.32 Å². The Balaban J connectivity index is 1.46. The number of benzene rings is 2. The van der Waals surface area contributed by atoms with Gasteiger partial charge in [0.15, 0.2) is 0 Å². The van der Waals surface area contributed by atoms with Crippen molar-refractivity contribution in [3.05, 3.63) is 60.2 Å². The van der Waals surface area contributed by atoms with Gasteiger partial charge < -0.3 is 15.4 Å². The minimum absolute atomic E-state index is 0.0290. The van der Waals surface area contributed by atoms with Crippen LogP contribution in [0.4, 0.5) is 5.69 Å². The first kappa shape index (κ1) is 17.0. The van der Waals surface area contributed by atoms with Crippen LogP contribution in [-0.2, 0) is 4.79 Å². The van der Waals surface area contributed by atoms with Gasteiger partial charge >= 0.3 is 0 Å². The molecule has 0 heterocycles. The predicted molar refractivity (Wildman–Crippen MR) is 96.6 cm³/mol. The summed E-state index contributed by atoms with van der Waals surface area (Å²) in [4.78, 5) is 24.2. The molecule has 0 aliphatic heterocycles. The van der Waals surface area contributed by atoms with E-state index in [9.17, 15) is 9.59 Å². The van der Waals surface area contributed by atoms with Gasteiger partial charge in [0.05, 0.1) is 6.54 Å². The summed E-state index contributed by atoms with van der Waals surface area (Å²) < 4.78 is 5.54. The molecule has 0 spiro atoms. The molecule has 0 radical (unpaired) electrons. The Bertz CT molecular complexity index is 746. The molecule has 0 unspecified atom stereocenters. The molecule has 130 valence electrons. The Morgan fingerprint density at radius 3 is 2.60 bits per heavy atom. The zero-order valence-electron chi connectivity index (χ0n) is 14.2. The van der Waals surface area contributed by atoms with E-state index in [1.54, 1.807) is 24.3 Å². The molecule has 1 aliphatic rings. The van der Waals surface area contributed by atoms with E-state index >= 15 is 0 Å². The SMILES string of the molecule is C[C@H]1C[C@@H]1C(=O)Nc1cccc(C(=O)NCCOc2ccccc2)c1. The number of carbonyl (C=O) groups excluding carboxylic acids is 2. The van der Waals surface area contributed by atoms with E-state index in [1.807, 2.05) is 30.3 Å². The number of anilines is 1. The lowest BCUT2D eigenvalue weighted by Gasteiger charge is -2.09. The van der Waals surface area contributed by atoms with Gasteiger partial charge in [-0.15, -0.1) is 0 Å². The first-order chi connectivity index (χ1) is 12.1. The van der Waals surface area contributed by atoms with Gasteiger partial charge in [0.1, 0.15) is 12.4 Å². The Labute approximate surface area is 147 Å². The summed E-state index contributed by atoms with van der Waals surface area (Å²) in [5.41, 5.74) is 1.17. The van der Waals surface area contributed by atoms with Gasteiger partial charge in [-0.25, -0.2) is 0 Å². The maximum absolute atomic E-state index is 12.2. The van der Waals surface area contributed by atoms with Gasteiger partial charge in [-0.1, -0.05) is 31.2 Å². The molecule has 1 saturated carbocycles. The summed E-state index contributed by atoms with van der Waals surface area (Å²) in [5.74, 6) is 1.17. The molecule has 2 atom stereocenters. The molecule has 1 fully saturated rings. The van der Waals surface area contributed by atoms with E-state index in [0.717, 1.165) is 12.2 Å². The fourth-order valence-corrected chi connectivity index (χ4v) is 2.61. The standard InChI is InChI=1S/C20H22N2O3/c1-14-12-18(14)20(24)22-16-7-5-6-15(13-16)19(23)21-10-11-25-17-8-3-2-4-9-17/h2-9,13-14,18H,10-12H2,1H3,(H,21,23)(H,22,24)/t14-,18-/m0/s1. The van der Waals surface area contributed by atoms with Crippen molar-refractivity contribution < 1.29 is 14.3 Å². The zero-order valence-corrected chi connectivity index (χ0v) is 14.2. The van der Waals surface area contributed by atoms with Crippen molar-refractivity contribution in [3.8, 4) is 5.75 Å². The molecule has 0 bridgehead atoms. The van der Waals surface area contributed by atoms with E-state index in [0.29, 0.717) is 30.3 Å². The van der Waals surface area contributed by atoms with E-state index < -0.39 is 0 Å². The smallest absolute Gasteiger partial charge is 0.251 e. The molecule has 0 aromatic heterocycles. The van der Waals surface area contributed by atoms with Gasteiger partial charge in [-0.3, -0.25) is 9.59 Å². The summed E-state index contributed by atoms with van der Waals surface area (Å²) in [5, 5.41) is 5.69. The average Bonchev–Trinajstić information content (AvgIpc) is 3.37. The van der Waals surface area contributed by atoms with Crippen molar-refractivity contribution in [2.24, 2.45) is 11.8 Å². The van der Waals surface area contributed by atoms with Gasteiger partial charge in [-0.2, -0.15) is 0 Å². The van der Waals surface area contributed by atoms with Gasteiger partial charge in [0, 0.05) is 17.2 Å². The number of ether oxygens (including phenoxy) is 1. The molecule has 3 rings (SSSR count). The molecule has 5 nitrogen and oxygen atoms in total. The van der Waals surface area contributed by atoms with Crippen LogP contribution in [0.3, 0.4) is 0 Å². The van der Waals surface area contributed by atoms with E-state index in [1.165, 1.54) is 0 Å². The van der Waals surface area contributed by atoms with E-state index in [4.69, 9.17) is 4.74 Å². The molecule has 1 aliphatic carbocycles. The zero-order chi connectivity index (χ0) is 17.6. The number of hydrogen-bond donors (Lipinski definition) is 2.